The van der Waals surface area contributed by atoms with E-state index < -0.39 is 0 Å². The third-order valence-corrected chi connectivity index (χ3v) is 2.90. The van der Waals surface area contributed by atoms with E-state index in [-0.39, 0.29) is 12.4 Å². The molecule has 4 N–H and O–H groups in total. The van der Waals surface area contributed by atoms with Crippen molar-refractivity contribution in [3.05, 3.63) is 58.6 Å². The lowest BCUT2D eigenvalue weighted by Crippen LogP contribution is -2.10. The van der Waals surface area contributed by atoms with Crippen molar-refractivity contribution in [2.75, 3.05) is 0 Å². The van der Waals surface area contributed by atoms with Crippen LogP contribution in [0, 0.1) is 5.41 Å². The maximum Gasteiger partial charge on any atom is 0.146 e. The molecule has 0 aliphatic rings. The van der Waals surface area contributed by atoms with Crippen molar-refractivity contribution in [2.45, 2.75) is 6.61 Å². The molecule has 0 aliphatic heterocycles. The number of hydrogen-bond acceptors (Lipinski definition) is 3. The number of hydrogen-bond donors (Lipinski definition) is 3. The highest BCUT2D eigenvalue weighted by Gasteiger charge is 2.08. The van der Waals surface area contributed by atoms with Gasteiger partial charge < -0.3 is 15.6 Å². The van der Waals surface area contributed by atoms with Crippen LogP contribution >= 0.6 is 11.6 Å². The Hall–Kier alpha value is -2.04. The van der Waals surface area contributed by atoms with Crippen molar-refractivity contribution in [1.29, 1.82) is 5.41 Å². The zero-order valence-electron chi connectivity index (χ0n) is 10.1. The summed E-state index contributed by atoms with van der Waals surface area (Å²) in [4.78, 5) is 0. The molecule has 0 aromatic heterocycles. The van der Waals surface area contributed by atoms with E-state index in [9.17, 15) is 5.11 Å². The van der Waals surface area contributed by atoms with Crippen LogP contribution in [-0.4, -0.2) is 10.9 Å². The average Bonchev–Trinajstić information content (AvgIpc) is 2.41. The van der Waals surface area contributed by atoms with Crippen molar-refractivity contribution < 1.29 is 9.84 Å². The van der Waals surface area contributed by atoms with E-state index in [2.05, 4.69) is 0 Å². The Labute approximate surface area is 115 Å². The van der Waals surface area contributed by atoms with Crippen LogP contribution in [0.15, 0.2) is 42.5 Å². The number of nitrogens with two attached hydrogens (primary N) is 1. The minimum Gasteiger partial charge on any atom is -0.455 e. The van der Waals surface area contributed by atoms with Gasteiger partial charge in [0.05, 0.1) is 11.6 Å². The van der Waals surface area contributed by atoms with Crippen LogP contribution in [0.3, 0.4) is 0 Å². The van der Waals surface area contributed by atoms with Crippen molar-refractivity contribution in [3.8, 4) is 11.5 Å². The molecule has 5 heteroatoms. The van der Waals surface area contributed by atoms with Crippen molar-refractivity contribution >= 4 is 17.4 Å². The molecule has 0 spiro atoms. The molecule has 0 bridgehead atoms. The highest BCUT2D eigenvalue weighted by molar-refractivity contribution is 6.32. The Bertz CT molecular complexity index is 614. The summed E-state index contributed by atoms with van der Waals surface area (Å²) in [5, 5.41) is 16.9. The van der Waals surface area contributed by atoms with Crippen LogP contribution in [0.25, 0.3) is 0 Å². The summed E-state index contributed by atoms with van der Waals surface area (Å²) in [6.07, 6.45) is 0. The Kier molecular flexibility index (Phi) is 4.04. The lowest BCUT2D eigenvalue weighted by atomic mass is 10.2. The van der Waals surface area contributed by atoms with Gasteiger partial charge in [-0.05, 0) is 24.3 Å². The third-order valence-electron chi connectivity index (χ3n) is 2.61. The van der Waals surface area contributed by atoms with Gasteiger partial charge >= 0.3 is 0 Å². The minimum absolute atomic E-state index is 0.0517. The van der Waals surface area contributed by atoms with E-state index in [1.807, 2.05) is 12.1 Å². The van der Waals surface area contributed by atoms with Gasteiger partial charge in [0.25, 0.3) is 0 Å². The van der Waals surface area contributed by atoms with Gasteiger partial charge in [-0.3, -0.25) is 5.41 Å². The molecule has 0 unspecified atom stereocenters. The largest absolute Gasteiger partial charge is 0.455 e. The van der Waals surface area contributed by atoms with E-state index in [1.165, 1.54) is 0 Å². The maximum absolute atomic E-state index is 9.23. The monoisotopic (exact) mass is 276 g/mol. The molecule has 98 valence electrons. The Balaban J connectivity index is 2.31. The quantitative estimate of drug-likeness (QED) is 0.593. The predicted octanol–water partition coefficient (Wildman–Crippen LogP) is 2.91. The summed E-state index contributed by atoms with van der Waals surface area (Å²) < 4.78 is 5.66. The van der Waals surface area contributed by atoms with Gasteiger partial charge in [-0.1, -0.05) is 29.8 Å². The third kappa shape index (κ3) is 3.05. The zero-order valence-corrected chi connectivity index (χ0v) is 10.8. The Morgan fingerprint density at radius 2 is 1.95 bits per heavy atom. The van der Waals surface area contributed by atoms with Crippen molar-refractivity contribution in [1.82, 2.24) is 0 Å². The van der Waals surface area contributed by atoms with Crippen LogP contribution < -0.4 is 10.5 Å². The van der Waals surface area contributed by atoms with Crippen molar-refractivity contribution in [2.24, 2.45) is 5.73 Å². The number of nitrogen functional groups attached to an aromatic ring is 1. The molecule has 2 aromatic rings. The second-order valence-corrected chi connectivity index (χ2v) is 4.33. The van der Waals surface area contributed by atoms with Crippen LogP contribution in [0.1, 0.15) is 11.1 Å². The number of aliphatic hydroxyl groups excluding tert-OH is 1. The summed E-state index contributed by atoms with van der Waals surface area (Å²) in [6.45, 7) is -0.112. The van der Waals surface area contributed by atoms with Crippen LogP contribution in [0.5, 0.6) is 11.5 Å². The number of benzene rings is 2. The number of ether oxygens (including phenoxy) is 1. The van der Waals surface area contributed by atoms with Gasteiger partial charge in [0.15, 0.2) is 0 Å². The fraction of sp³-hybridized carbons (Fsp3) is 0.0714. The molecule has 0 amide bonds. The van der Waals surface area contributed by atoms with Gasteiger partial charge in [-0.15, -0.1) is 0 Å². The van der Waals surface area contributed by atoms with Crippen molar-refractivity contribution in [3.63, 3.8) is 0 Å². The standard InChI is InChI=1S/C14H13ClN2O2/c15-11-7-9(14(16)17)5-6-13(11)19-12-4-2-1-3-10(12)8-18/h1-7,18H,8H2,(H3,16,17). The fourth-order valence-corrected chi connectivity index (χ4v) is 1.82. The van der Waals surface area contributed by atoms with E-state index in [1.54, 1.807) is 30.3 Å². The second kappa shape index (κ2) is 5.73. The van der Waals surface area contributed by atoms with Crippen LogP contribution in [-0.2, 0) is 6.61 Å². The lowest BCUT2D eigenvalue weighted by Gasteiger charge is -2.11. The molecule has 0 fully saturated rings. The van der Waals surface area contributed by atoms with Gasteiger partial charge in [-0.25, -0.2) is 0 Å². The number of aliphatic hydroxyl groups is 1. The molecule has 0 heterocycles. The molecule has 0 saturated heterocycles. The van der Waals surface area contributed by atoms with Gasteiger partial charge in [0, 0.05) is 11.1 Å². The van der Waals surface area contributed by atoms with Gasteiger partial charge in [0.1, 0.15) is 17.3 Å². The Morgan fingerprint density at radius 1 is 1.21 bits per heavy atom. The molecule has 0 saturated carbocycles. The van der Waals surface area contributed by atoms with Gasteiger partial charge in [-0.2, -0.15) is 0 Å². The van der Waals surface area contributed by atoms with Gasteiger partial charge in [0.2, 0.25) is 0 Å². The molecular formula is C14H13ClN2O2. The molecule has 2 rings (SSSR count). The first-order chi connectivity index (χ1) is 9.11. The number of halogens is 1. The summed E-state index contributed by atoms with van der Waals surface area (Å²) in [6, 6.07) is 12.0. The van der Waals surface area contributed by atoms with E-state index >= 15 is 0 Å². The van der Waals surface area contributed by atoms with Crippen LogP contribution in [0.4, 0.5) is 0 Å². The first-order valence-corrected chi connectivity index (χ1v) is 6.00. The molecule has 4 nitrogen and oxygen atoms in total. The first-order valence-electron chi connectivity index (χ1n) is 5.62. The predicted molar refractivity (Wildman–Crippen MR) is 74.9 cm³/mol. The molecule has 0 aliphatic carbocycles. The fourth-order valence-electron chi connectivity index (χ4n) is 1.60. The SMILES string of the molecule is N=C(N)c1ccc(Oc2ccccc2CO)c(Cl)c1. The molecular weight excluding hydrogens is 264 g/mol. The highest BCUT2D eigenvalue weighted by atomic mass is 35.5. The molecule has 19 heavy (non-hydrogen) atoms. The van der Waals surface area contributed by atoms with Crippen LogP contribution in [0.2, 0.25) is 5.02 Å². The Morgan fingerprint density at radius 3 is 2.58 bits per heavy atom. The lowest BCUT2D eigenvalue weighted by molar-refractivity contribution is 0.276. The zero-order chi connectivity index (χ0) is 13.8. The van der Waals surface area contributed by atoms with E-state index in [4.69, 9.17) is 27.5 Å². The number of rotatable bonds is 4. The summed E-state index contributed by atoms with van der Waals surface area (Å²) >= 11 is 6.08. The molecule has 0 atom stereocenters. The summed E-state index contributed by atoms with van der Waals surface area (Å²) in [7, 11) is 0. The number of amidine groups is 1. The molecule has 0 radical (unpaired) electrons. The highest BCUT2D eigenvalue weighted by Crippen LogP contribution is 2.31. The average molecular weight is 277 g/mol. The second-order valence-electron chi connectivity index (χ2n) is 3.93. The normalized spacial score (nSPS) is 10.2. The van der Waals surface area contributed by atoms with E-state index in [0.29, 0.717) is 27.6 Å². The minimum atomic E-state index is -0.112. The topological polar surface area (TPSA) is 79.3 Å². The summed E-state index contributed by atoms with van der Waals surface area (Å²) in [5.74, 6) is 0.944. The van der Waals surface area contributed by atoms with E-state index in [0.717, 1.165) is 0 Å². The number of para-hydroxylation sites is 1. The first kappa shape index (κ1) is 13.4. The smallest absolute Gasteiger partial charge is 0.146 e. The number of nitrogens with one attached hydrogen (secondary N) is 1. The summed E-state index contributed by atoms with van der Waals surface area (Å²) in [5.41, 5.74) is 6.59. The molecule has 2 aromatic carbocycles. The maximum atomic E-state index is 9.23.